The quantitative estimate of drug-likeness (QED) is 0.285. The van der Waals surface area contributed by atoms with E-state index >= 15 is 0 Å². The van der Waals surface area contributed by atoms with Gasteiger partial charge in [-0.05, 0) is 25.7 Å². The van der Waals surface area contributed by atoms with E-state index in [-0.39, 0.29) is 25.7 Å². The molecule has 0 aliphatic heterocycles. The van der Waals surface area contributed by atoms with Crippen LogP contribution < -0.4 is 0 Å². The summed E-state index contributed by atoms with van der Waals surface area (Å²) in [4.78, 5) is 22.8. The van der Waals surface area contributed by atoms with Crippen LogP contribution in [0.1, 0.15) is 25.7 Å². The first-order chi connectivity index (χ1) is 11.7. The zero-order valence-corrected chi connectivity index (χ0v) is 13.8. The van der Waals surface area contributed by atoms with Crippen molar-refractivity contribution >= 4 is 22.1 Å². The van der Waals surface area contributed by atoms with E-state index in [2.05, 4.69) is 11.3 Å². The Bertz CT molecular complexity index is 650. The predicted octanol–water partition coefficient (Wildman–Crippen LogP) is 1.89. The second-order valence-corrected chi connectivity index (χ2v) is 6.94. The lowest BCUT2D eigenvalue weighted by Crippen LogP contribution is -2.52. The number of ether oxygens (including phenoxy) is 2. The van der Waals surface area contributed by atoms with Gasteiger partial charge in [-0.25, -0.2) is 13.2 Å². The molecule has 0 aromatic rings. The molecule has 0 heterocycles. The molecule has 0 aromatic carbocycles. The van der Waals surface area contributed by atoms with Gasteiger partial charge in [0.1, 0.15) is 6.10 Å². The molecule has 0 radical (unpaired) electrons. The molecular weight excluding hydrogens is 395 g/mol. The van der Waals surface area contributed by atoms with E-state index in [1.807, 2.05) is 0 Å². The molecule has 7 nitrogen and oxygen atoms in total. The molecule has 0 aromatic heterocycles. The van der Waals surface area contributed by atoms with Crippen LogP contribution in [0.25, 0.3) is 0 Å². The Kier molecular flexibility index (Phi) is 6.74. The minimum absolute atomic E-state index is 0.0479. The summed E-state index contributed by atoms with van der Waals surface area (Å²) in [6, 6.07) is 0. The lowest BCUT2D eigenvalue weighted by atomic mass is 9.87. The van der Waals surface area contributed by atoms with Crippen molar-refractivity contribution in [3.63, 3.8) is 0 Å². The topological polar surface area (TPSA) is 110 Å². The number of esters is 2. The number of halogens is 5. The maximum atomic E-state index is 13.3. The highest BCUT2D eigenvalue weighted by Crippen LogP contribution is 2.39. The van der Waals surface area contributed by atoms with Crippen LogP contribution in [0.15, 0.2) is 12.7 Å². The van der Waals surface area contributed by atoms with E-state index < -0.39 is 51.6 Å². The second-order valence-electron chi connectivity index (χ2n) is 5.49. The van der Waals surface area contributed by atoms with Gasteiger partial charge in [-0.15, -0.1) is 0 Å². The minimum atomic E-state index is -6.73. The Morgan fingerprint density at radius 2 is 1.62 bits per heavy atom. The molecule has 1 rings (SSSR count). The van der Waals surface area contributed by atoms with E-state index in [1.165, 1.54) is 0 Å². The first kappa shape index (κ1) is 22.3. The molecule has 1 fully saturated rings. The maximum Gasteiger partial charge on any atom is 0.432 e. The van der Waals surface area contributed by atoms with Crippen LogP contribution in [-0.4, -0.2) is 48.5 Å². The van der Waals surface area contributed by atoms with Crippen LogP contribution in [0.2, 0.25) is 0 Å². The molecular formula is C13H14F5O7S-. The van der Waals surface area contributed by atoms with Gasteiger partial charge in [-0.1, -0.05) is 6.58 Å². The van der Waals surface area contributed by atoms with Gasteiger partial charge in [-0.3, -0.25) is 4.79 Å². The van der Waals surface area contributed by atoms with Crippen molar-refractivity contribution < 1.29 is 54.0 Å². The Morgan fingerprint density at radius 3 is 2.00 bits per heavy atom. The maximum absolute atomic E-state index is 13.3. The molecule has 1 atom stereocenters. The van der Waals surface area contributed by atoms with Crippen molar-refractivity contribution in [3.8, 4) is 0 Å². The van der Waals surface area contributed by atoms with Crippen molar-refractivity contribution in [1.82, 2.24) is 0 Å². The summed E-state index contributed by atoms with van der Waals surface area (Å²) >= 11 is 0. The first-order valence-electron chi connectivity index (χ1n) is 7.13. The molecule has 13 heteroatoms. The average molecular weight is 409 g/mol. The van der Waals surface area contributed by atoms with Crippen LogP contribution in [0, 0.1) is 5.92 Å². The average Bonchev–Trinajstić information content (AvgIpc) is 2.50. The molecule has 0 N–H and O–H groups in total. The van der Waals surface area contributed by atoms with Crippen molar-refractivity contribution in [3.05, 3.63) is 12.7 Å². The predicted molar refractivity (Wildman–Crippen MR) is 72.6 cm³/mol. The molecule has 1 saturated carbocycles. The molecule has 26 heavy (non-hydrogen) atoms. The molecule has 1 aliphatic rings. The summed E-state index contributed by atoms with van der Waals surface area (Å²) in [6.45, 7) is 3.17. The second kappa shape index (κ2) is 7.86. The van der Waals surface area contributed by atoms with Gasteiger partial charge in [0.05, 0.1) is 5.92 Å². The Labute approximate surface area is 144 Å². The normalized spacial score (nSPS) is 23.0. The fraction of sp³-hybridized carbons (Fsp3) is 0.692. The SMILES string of the molecule is C=CC(=O)OC1CCC(C(=O)OC(C(F)(F)F)C(F)(F)S(=O)(=O)[O-])CC1. The summed E-state index contributed by atoms with van der Waals surface area (Å²) in [5, 5.41) is -5.88. The van der Waals surface area contributed by atoms with Crippen LogP contribution >= 0.6 is 0 Å². The van der Waals surface area contributed by atoms with E-state index in [0.29, 0.717) is 0 Å². The van der Waals surface area contributed by atoms with E-state index in [4.69, 9.17) is 4.74 Å². The monoisotopic (exact) mass is 409 g/mol. The first-order valence-corrected chi connectivity index (χ1v) is 8.54. The molecule has 1 unspecified atom stereocenters. The third kappa shape index (κ3) is 5.37. The summed E-state index contributed by atoms with van der Waals surface area (Å²) in [5.74, 6) is -3.71. The fourth-order valence-corrected chi connectivity index (χ4v) is 2.74. The van der Waals surface area contributed by atoms with E-state index in [9.17, 15) is 44.5 Å². The number of carbonyl (C=O) groups is 2. The van der Waals surface area contributed by atoms with E-state index in [1.54, 1.807) is 0 Å². The molecule has 1 aliphatic carbocycles. The molecule has 0 amide bonds. The summed E-state index contributed by atoms with van der Waals surface area (Å²) in [6.07, 6.45) is -10.3. The summed E-state index contributed by atoms with van der Waals surface area (Å²) in [5.41, 5.74) is 0. The van der Waals surface area contributed by atoms with Crippen LogP contribution in [0.3, 0.4) is 0 Å². The third-order valence-corrected chi connectivity index (χ3v) is 4.51. The number of alkyl halides is 5. The fourth-order valence-electron chi connectivity index (χ4n) is 2.30. The smallest absolute Gasteiger partial charge is 0.432 e. The van der Waals surface area contributed by atoms with Crippen molar-refractivity contribution in [1.29, 1.82) is 0 Å². The zero-order valence-electron chi connectivity index (χ0n) is 13.0. The highest BCUT2D eigenvalue weighted by Gasteiger charge is 2.63. The van der Waals surface area contributed by atoms with Crippen molar-refractivity contribution in [2.75, 3.05) is 0 Å². The van der Waals surface area contributed by atoms with Gasteiger partial charge >= 0.3 is 23.4 Å². The van der Waals surface area contributed by atoms with Gasteiger partial charge in [-0.2, -0.15) is 22.0 Å². The number of carbonyl (C=O) groups excluding carboxylic acids is 2. The van der Waals surface area contributed by atoms with Gasteiger partial charge in [0.2, 0.25) is 0 Å². The molecule has 0 saturated heterocycles. The van der Waals surface area contributed by atoms with Crippen LogP contribution in [0.4, 0.5) is 22.0 Å². The minimum Gasteiger partial charge on any atom is -0.743 e. The Morgan fingerprint density at radius 1 is 1.12 bits per heavy atom. The molecule has 0 spiro atoms. The molecule has 0 bridgehead atoms. The number of hydrogen-bond acceptors (Lipinski definition) is 7. The number of rotatable bonds is 6. The highest BCUT2D eigenvalue weighted by molar-refractivity contribution is 7.86. The largest absolute Gasteiger partial charge is 0.743 e. The summed E-state index contributed by atoms with van der Waals surface area (Å²) in [7, 11) is -6.73. The lowest BCUT2D eigenvalue weighted by molar-refractivity contribution is -0.261. The zero-order chi connectivity index (χ0) is 20.3. The van der Waals surface area contributed by atoms with Crippen molar-refractivity contribution in [2.24, 2.45) is 5.92 Å². The van der Waals surface area contributed by atoms with Gasteiger partial charge < -0.3 is 14.0 Å². The van der Waals surface area contributed by atoms with Gasteiger partial charge in [0, 0.05) is 6.08 Å². The van der Waals surface area contributed by atoms with E-state index in [0.717, 1.165) is 6.08 Å². The Balaban J connectivity index is 2.81. The number of hydrogen-bond donors (Lipinski definition) is 0. The highest BCUT2D eigenvalue weighted by atomic mass is 32.2. The molecule has 150 valence electrons. The van der Waals surface area contributed by atoms with Crippen LogP contribution in [-0.2, 0) is 29.2 Å². The summed E-state index contributed by atoms with van der Waals surface area (Å²) < 4.78 is 104. The third-order valence-electron chi connectivity index (χ3n) is 3.63. The lowest BCUT2D eigenvalue weighted by Gasteiger charge is -2.32. The van der Waals surface area contributed by atoms with Gasteiger partial charge in [0.15, 0.2) is 10.1 Å². The Hall–Kier alpha value is -1.76. The standard InChI is InChI=1S/C13H15F5O7S/c1-2-9(19)24-8-5-3-7(4-6-8)10(20)25-11(12(14,15)16)13(17,18)26(21,22)23/h2,7-8,11H,1,3-6H2,(H,21,22,23)/p-1. The van der Waals surface area contributed by atoms with Crippen LogP contribution in [0.5, 0.6) is 0 Å². The van der Waals surface area contributed by atoms with Crippen molar-refractivity contribution in [2.45, 2.75) is 49.3 Å². The van der Waals surface area contributed by atoms with Gasteiger partial charge in [0.25, 0.3) is 6.10 Å².